The molecule has 228 valence electrons. The smallest absolute Gasteiger partial charge is 0.145 e. The van der Waals surface area contributed by atoms with E-state index in [1.165, 1.54) is 73.0 Å². The molecule has 4 heteroatoms. The first-order chi connectivity index (χ1) is 24.3. The SMILES string of the molecule is c1ccc2c(c1)sc1ccc(-c3nc4c5ccccc5c5ccccc5c4n3-c3ccc(-c4cccc5c4sc4ccccc45)cc3)cc12. The Morgan fingerprint density at radius 3 is 1.76 bits per heavy atom. The maximum Gasteiger partial charge on any atom is 0.145 e. The Labute approximate surface area is 289 Å². The van der Waals surface area contributed by atoms with E-state index in [2.05, 4.69) is 162 Å². The molecule has 0 amide bonds. The molecule has 0 aliphatic heterocycles. The van der Waals surface area contributed by atoms with Crippen LogP contribution in [0.1, 0.15) is 0 Å². The monoisotopic (exact) mass is 658 g/mol. The van der Waals surface area contributed by atoms with Gasteiger partial charge in [-0.25, -0.2) is 4.98 Å². The molecular formula is C45H26N2S2. The van der Waals surface area contributed by atoms with Crippen LogP contribution >= 0.6 is 22.7 Å². The Bertz CT molecular complexity index is 3100. The van der Waals surface area contributed by atoms with Crippen molar-refractivity contribution >= 4 is 95.6 Å². The fourth-order valence-corrected chi connectivity index (χ4v) is 10.1. The predicted molar refractivity (Wildman–Crippen MR) is 213 cm³/mol. The summed E-state index contributed by atoms with van der Waals surface area (Å²) in [6.07, 6.45) is 0. The Morgan fingerprint density at radius 2 is 0.980 bits per heavy atom. The van der Waals surface area contributed by atoms with E-state index in [0.717, 1.165) is 28.1 Å². The summed E-state index contributed by atoms with van der Waals surface area (Å²) in [4.78, 5) is 5.52. The summed E-state index contributed by atoms with van der Waals surface area (Å²) in [5, 5.41) is 10.1. The quantitative estimate of drug-likeness (QED) is 0.173. The summed E-state index contributed by atoms with van der Waals surface area (Å²) in [6.45, 7) is 0. The van der Waals surface area contributed by atoms with Crippen molar-refractivity contribution < 1.29 is 0 Å². The highest BCUT2D eigenvalue weighted by atomic mass is 32.1. The molecule has 0 radical (unpaired) electrons. The molecule has 8 aromatic carbocycles. The van der Waals surface area contributed by atoms with Crippen molar-refractivity contribution in [1.29, 1.82) is 0 Å². The van der Waals surface area contributed by atoms with Gasteiger partial charge in [-0.05, 0) is 64.4 Å². The lowest BCUT2D eigenvalue weighted by Gasteiger charge is -2.13. The van der Waals surface area contributed by atoms with E-state index >= 15 is 0 Å². The molecule has 0 saturated carbocycles. The van der Waals surface area contributed by atoms with Crippen molar-refractivity contribution in [1.82, 2.24) is 9.55 Å². The van der Waals surface area contributed by atoms with Crippen LogP contribution in [-0.4, -0.2) is 9.55 Å². The van der Waals surface area contributed by atoms with Crippen LogP contribution in [0.2, 0.25) is 0 Å². The summed E-state index contributed by atoms with van der Waals surface area (Å²) < 4.78 is 7.65. The van der Waals surface area contributed by atoms with Gasteiger partial charge in [-0.1, -0.05) is 115 Å². The van der Waals surface area contributed by atoms with Crippen LogP contribution in [-0.2, 0) is 0 Å². The number of hydrogen-bond donors (Lipinski definition) is 0. The second kappa shape index (κ2) is 10.3. The van der Waals surface area contributed by atoms with Gasteiger partial charge in [0.05, 0.1) is 11.0 Å². The number of benzene rings is 8. The van der Waals surface area contributed by atoms with Crippen molar-refractivity contribution in [2.75, 3.05) is 0 Å². The molecule has 2 nitrogen and oxygen atoms in total. The van der Waals surface area contributed by atoms with Crippen LogP contribution in [0.4, 0.5) is 0 Å². The molecule has 49 heavy (non-hydrogen) atoms. The second-order valence-electron chi connectivity index (χ2n) is 12.7. The van der Waals surface area contributed by atoms with Crippen LogP contribution in [0.5, 0.6) is 0 Å². The first-order valence-electron chi connectivity index (χ1n) is 16.5. The summed E-state index contributed by atoms with van der Waals surface area (Å²) in [6, 6.07) is 57.6. The fourth-order valence-electron chi connectivity index (χ4n) is 7.78. The normalized spacial score (nSPS) is 12.1. The van der Waals surface area contributed by atoms with Crippen LogP contribution in [0.25, 0.3) is 101 Å². The Morgan fingerprint density at radius 1 is 0.408 bits per heavy atom. The van der Waals surface area contributed by atoms with Crippen molar-refractivity contribution in [3.05, 3.63) is 158 Å². The van der Waals surface area contributed by atoms with E-state index in [0.29, 0.717) is 0 Å². The summed E-state index contributed by atoms with van der Waals surface area (Å²) >= 11 is 3.73. The van der Waals surface area contributed by atoms with E-state index < -0.39 is 0 Å². The zero-order valence-electron chi connectivity index (χ0n) is 26.2. The molecule has 11 aromatic rings. The summed E-state index contributed by atoms with van der Waals surface area (Å²) in [5.41, 5.74) is 6.86. The zero-order chi connectivity index (χ0) is 32.1. The molecule has 0 spiro atoms. The molecule has 0 bridgehead atoms. The second-order valence-corrected chi connectivity index (χ2v) is 14.8. The third kappa shape index (κ3) is 3.96. The van der Waals surface area contributed by atoms with Crippen molar-refractivity contribution in [2.45, 2.75) is 0 Å². The number of rotatable bonds is 3. The molecule has 0 N–H and O–H groups in total. The molecule has 0 aliphatic carbocycles. The van der Waals surface area contributed by atoms with Gasteiger partial charge in [0.1, 0.15) is 5.82 Å². The third-order valence-electron chi connectivity index (χ3n) is 10.0. The summed E-state index contributed by atoms with van der Waals surface area (Å²) in [5.74, 6) is 0.952. The van der Waals surface area contributed by atoms with Crippen LogP contribution < -0.4 is 0 Å². The van der Waals surface area contributed by atoms with Gasteiger partial charge in [0.25, 0.3) is 0 Å². The van der Waals surface area contributed by atoms with Crippen molar-refractivity contribution in [2.24, 2.45) is 0 Å². The highest BCUT2D eigenvalue weighted by Crippen LogP contribution is 2.43. The molecule has 0 atom stereocenters. The maximum atomic E-state index is 5.52. The Kier molecular flexibility index (Phi) is 5.74. The number of imidazole rings is 1. The van der Waals surface area contributed by atoms with Crippen molar-refractivity contribution in [3.8, 4) is 28.2 Å². The lowest BCUT2D eigenvalue weighted by atomic mass is 9.99. The van der Waals surface area contributed by atoms with Gasteiger partial charge >= 0.3 is 0 Å². The standard InChI is InChI=1S/C45H26N2S2/c1-3-14-35-31(10-1)32-11-2-4-15-36(32)43-42(35)46-45(28-22-25-41-38(26-28)34-13-6-7-18-39(34)48-41)47(43)29-23-20-27(21-24-29)30-16-9-17-37-33-12-5-8-19-40(33)49-44(30)37/h1-26H. The molecule has 11 rings (SSSR count). The van der Waals surface area contributed by atoms with Crippen LogP contribution in [0, 0.1) is 0 Å². The molecule has 0 unspecified atom stereocenters. The number of aromatic nitrogens is 2. The first-order valence-corrected chi connectivity index (χ1v) is 18.2. The van der Waals surface area contributed by atoms with Gasteiger partial charge in [0, 0.05) is 62.4 Å². The Balaban J connectivity index is 1.19. The van der Waals surface area contributed by atoms with E-state index in [1.54, 1.807) is 0 Å². The number of nitrogens with zero attached hydrogens (tertiary/aromatic N) is 2. The van der Waals surface area contributed by atoms with E-state index in [4.69, 9.17) is 4.98 Å². The van der Waals surface area contributed by atoms with Gasteiger partial charge in [0.15, 0.2) is 0 Å². The lowest BCUT2D eigenvalue weighted by molar-refractivity contribution is 1.11. The highest BCUT2D eigenvalue weighted by Gasteiger charge is 2.21. The molecule has 0 aliphatic rings. The highest BCUT2D eigenvalue weighted by molar-refractivity contribution is 7.26. The Hall–Kier alpha value is -5.81. The molecule has 0 saturated heterocycles. The minimum atomic E-state index is 0.952. The minimum absolute atomic E-state index is 0.952. The largest absolute Gasteiger partial charge is 0.292 e. The lowest BCUT2D eigenvalue weighted by Crippen LogP contribution is -1.98. The van der Waals surface area contributed by atoms with Crippen LogP contribution in [0.15, 0.2) is 158 Å². The molecule has 3 heterocycles. The predicted octanol–water partition coefficient (Wildman–Crippen LogP) is 13.4. The average Bonchev–Trinajstić information content (AvgIpc) is 3.87. The minimum Gasteiger partial charge on any atom is -0.292 e. The van der Waals surface area contributed by atoms with E-state index in [9.17, 15) is 0 Å². The number of fused-ring (bicyclic) bond motifs is 12. The van der Waals surface area contributed by atoms with E-state index in [-0.39, 0.29) is 0 Å². The topological polar surface area (TPSA) is 17.8 Å². The zero-order valence-corrected chi connectivity index (χ0v) is 27.9. The number of thiophene rings is 2. The number of hydrogen-bond acceptors (Lipinski definition) is 3. The van der Waals surface area contributed by atoms with Gasteiger partial charge in [-0.15, -0.1) is 22.7 Å². The van der Waals surface area contributed by atoms with Gasteiger partial charge in [-0.2, -0.15) is 0 Å². The van der Waals surface area contributed by atoms with Crippen molar-refractivity contribution in [3.63, 3.8) is 0 Å². The molecule has 3 aromatic heterocycles. The maximum absolute atomic E-state index is 5.52. The van der Waals surface area contributed by atoms with Crippen LogP contribution in [0.3, 0.4) is 0 Å². The van der Waals surface area contributed by atoms with Gasteiger partial charge < -0.3 is 0 Å². The first kappa shape index (κ1) is 27.2. The average molecular weight is 659 g/mol. The fraction of sp³-hybridized carbons (Fsp3) is 0. The molecule has 0 fully saturated rings. The third-order valence-corrected chi connectivity index (χ3v) is 12.4. The summed E-state index contributed by atoms with van der Waals surface area (Å²) in [7, 11) is 0. The van der Waals surface area contributed by atoms with Gasteiger partial charge in [-0.3, -0.25) is 4.57 Å². The molecular weight excluding hydrogens is 633 g/mol. The van der Waals surface area contributed by atoms with Gasteiger partial charge in [0.2, 0.25) is 0 Å². The van der Waals surface area contributed by atoms with E-state index in [1.807, 2.05) is 22.7 Å².